The Morgan fingerprint density at radius 2 is 1.50 bits per heavy atom. The number of ketones is 2. The van der Waals surface area contributed by atoms with Gasteiger partial charge in [0.15, 0.2) is 5.78 Å². The van der Waals surface area contributed by atoms with Gasteiger partial charge in [0.05, 0.1) is 9.35 Å². The molecule has 0 radical (unpaired) electrons. The first-order chi connectivity index (χ1) is 16.8. The molecule has 5 nitrogen and oxygen atoms in total. The number of fused-ring (bicyclic) bond motifs is 1. The molecule has 1 atom stereocenters. The van der Waals surface area contributed by atoms with Crippen LogP contribution in [0.25, 0.3) is 0 Å². The molecular formula is C28H30BrNO4SSi. The monoisotopic (exact) mass is 583 g/mol. The second-order valence-corrected chi connectivity index (χ2v) is 16.9. The van der Waals surface area contributed by atoms with Gasteiger partial charge in [-0.3, -0.25) is 14.4 Å². The van der Waals surface area contributed by atoms with Crippen molar-refractivity contribution >= 4 is 68.4 Å². The van der Waals surface area contributed by atoms with E-state index in [1.54, 1.807) is 13.8 Å². The third-order valence-corrected chi connectivity index (χ3v) is 14.1. The fourth-order valence-electron chi connectivity index (χ4n) is 5.20. The topological polar surface area (TPSA) is 83.5 Å². The molecule has 0 spiro atoms. The normalized spacial score (nSPS) is 16.5. The van der Waals surface area contributed by atoms with Gasteiger partial charge in [-0.05, 0) is 43.8 Å². The largest absolute Gasteiger partial charge is 0.424 e. The molecular weight excluding hydrogens is 554 g/mol. The third-order valence-electron chi connectivity index (χ3n) is 7.50. The van der Waals surface area contributed by atoms with E-state index in [0.717, 1.165) is 19.7 Å². The number of carbonyl (C=O) groups excluding carboxylic acids is 3. The van der Waals surface area contributed by atoms with Crippen molar-refractivity contribution in [2.45, 2.75) is 46.1 Å². The lowest BCUT2D eigenvalue weighted by Gasteiger charge is -2.43. The zero-order valence-electron chi connectivity index (χ0n) is 21.0. The molecule has 4 rings (SSSR count). The summed E-state index contributed by atoms with van der Waals surface area (Å²) >= 11 is 4.76. The molecule has 1 aromatic heterocycles. The highest BCUT2D eigenvalue weighted by Gasteiger charge is 2.55. The van der Waals surface area contributed by atoms with Crippen LogP contribution in [0.15, 0.2) is 64.5 Å². The number of benzene rings is 2. The van der Waals surface area contributed by atoms with E-state index in [2.05, 4.69) is 21.2 Å². The molecule has 1 aliphatic heterocycles. The van der Waals surface area contributed by atoms with Crippen molar-refractivity contribution in [2.24, 2.45) is 11.3 Å². The van der Waals surface area contributed by atoms with Crippen LogP contribution in [0.3, 0.4) is 0 Å². The number of Topliss-reactive ketones (excluding diaryl/α,β-unsaturated/α-hetero) is 2. The van der Waals surface area contributed by atoms with Crippen LogP contribution in [0.5, 0.6) is 0 Å². The van der Waals surface area contributed by atoms with E-state index in [1.165, 1.54) is 11.3 Å². The van der Waals surface area contributed by atoms with Gasteiger partial charge in [0.2, 0.25) is 5.91 Å². The van der Waals surface area contributed by atoms with E-state index in [-0.39, 0.29) is 18.0 Å². The van der Waals surface area contributed by atoms with Crippen LogP contribution in [0.1, 0.15) is 50.0 Å². The first kappa shape index (κ1) is 26.7. The second-order valence-electron chi connectivity index (χ2n) is 10.6. The van der Waals surface area contributed by atoms with Gasteiger partial charge < -0.3 is 10.1 Å². The van der Waals surface area contributed by atoms with Crippen molar-refractivity contribution in [3.05, 3.63) is 75.6 Å². The summed E-state index contributed by atoms with van der Waals surface area (Å²) in [6, 6.07) is 19.0. The summed E-state index contributed by atoms with van der Waals surface area (Å²) in [5, 5.41) is 4.15. The van der Waals surface area contributed by atoms with E-state index in [4.69, 9.17) is 0 Å². The summed E-state index contributed by atoms with van der Waals surface area (Å²) in [6.07, 6.45) is 0.0166. The van der Waals surface area contributed by atoms with Crippen molar-refractivity contribution in [2.75, 3.05) is 5.32 Å². The molecule has 2 heterocycles. The highest BCUT2D eigenvalue weighted by Crippen LogP contribution is 2.47. The molecule has 0 saturated carbocycles. The summed E-state index contributed by atoms with van der Waals surface area (Å²) in [6.45, 7) is 8.99. The lowest BCUT2D eigenvalue weighted by Crippen LogP contribution is -2.66. The van der Waals surface area contributed by atoms with Gasteiger partial charge in [-0.2, -0.15) is 0 Å². The number of anilines is 1. The van der Waals surface area contributed by atoms with Crippen LogP contribution in [0, 0.1) is 18.3 Å². The van der Waals surface area contributed by atoms with Crippen molar-refractivity contribution in [3.63, 3.8) is 0 Å². The van der Waals surface area contributed by atoms with Crippen LogP contribution in [0.2, 0.25) is 5.04 Å². The number of hydrogen-bond acceptors (Lipinski definition) is 5. The van der Waals surface area contributed by atoms with E-state index >= 15 is 0 Å². The highest BCUT2D eigenvalue weighted by molar-refractivity contribution is 9.11. The zero-order chi connectivity index (χ0) is 26.5. The minimum Gasteiger partial charge on any atom is -0.424 e. The molecule has 0 fully saturated rings. The Bertz CT molecular complexity index is 1290. The van der Waals surface area contributed by atoms with Crippen molar-refractivity contribution in [1.29, 1.82) is 0 Å². The number of amides is 1. The number of thiophene rings is 1. The molecule has 0 aliphatic carbocycles. The first-order valence-corrected chi connectivity index (χ1v) is 15.4. The molecule has 0 bridgehead atoms. The number of nitrogens with one attached hydrogen (secondary N) is 1. The van der Waals surface area contributed by atoms with Crippen molar-refractivity contribution < 1.29 is 19.2 Å². The van der Waals surface area contributed by atoms with E-state index < -0.39 is 30.6 Å². The summed E-state index contributed by atoms with van der Waals surface area (Å²) < 4.78 is 0.786. The summed E-state index contributed by atoms with van der Waals surface area (Å²) in [5.41, 5.74) is -0.0285. The Hall–Kier alpha value is -2.39. The quantitative estimate of drug-likeness (QED) is 0.300. The van der Waals surface area contributed by atoms with E-state index in [0.29, 0.717) is 10.6 Å². The van der Waals surface area contributed by atoms with Gasteiger partial charge in [-0.25, -0.2) is 0 Å². The predicted octanol–water partition coefficient (Wildman–Crippen LogP) is 5.09. The fourth-order valence-corrected chi connectivity index (χ4v) is 10.5. The highest BCUT2D eigenvalue weighted by atomic mass is 79.9. The SMILES string of the molecule is Cc1c(Br)sc2c1C(=O)C(C(C)(C)C(=O)CC(C)(C)[Si](O)(c1ccccc1)c1ccccc1)C(=O)N2. The Morgan fingerprint density at radius 3 is 2.00 bits per heavy atom. The smallest absolute Gasteiger partial charge is 0.258 e. The Morgan fingerprint density at radius 1 is 1.00 bits per heavy atom. The van der Waals surface area contributed by atoms with Crippen LogP contribution in [0.4, 0.5) is 5.00 Å². The number of hydrogen-bond donors (Lipinski definition) is 2. The van der Waals surface area contributed by atoms with Crippen LogP contribution < -0.4 is 15.7 Å². The molecule has 36 heavy (non-hydrogen) atoms. The standard InChI is InChI=1S/C28H30BrNO4SSi/c1-17-21-23(32)22(25(33)30-26(21)35-24(17)29)28(4,5)20(31)16-27(2,3)36(34,18-12-8-6-9-13-18)19-14-10-7-11-15-19/h6-15,22,34H,16H2,1-5H3,(H,30,33). The van der Waals surface area contributed by atoms with Gasteiger partial charge in [0.1, 0.15) is 16.7 Å². The van der Waals surface area contributed by atoms with Crippen LogP contribution in [-0.2, 0) is 9.59 Å². The summed E-state index contributed by atoms with van der Waals surface area (Å²) in [4.78, 5) is 53.0. The fraction of sp³-hybridized carbons (Fsp3) is 0.321. The van der Waals surface area contributed by atoms with E-state index in [1.807, 2.05) is 81.4 Å². The average Bonchev–Trinajstić information content (AvgIpc) is 3.12. The predicted molar refractivity (Wildman–Crippen MR) is 151 cm³/mol. The second kappa shape index (κ2) is 9.48. The molecule has 1 amide bonds. The summed E-state index contributed by atoms with van der Waals surface area (Å²) in [7, 11) is -3.43. The van der Waals surface area contributed by atoms with Gasteiger partial charge in [0, 0.05) is 11.8 Å². The van der Waals surface area contributed by atoms with Gasteiger partial charge >= 0.3 is 0 Å². The summed E-state index contributed by atoms with van der Waals surface area (Å²) in [5.74, 6) is -2.16. The minimum atomic E-state index is -3.43. The van der Waals surface area contributed by atoms with Crippen molar-refractivity contribution in [3.8, 4) is 0 Å². The molecule has 8 heteroatoms. The molecule has 1 unspecified atom stereocenters. The van der Waals surface area contributed by atoms with Crippen LogP contribution in [-0.4, -0.2) is 30.6 Å². The minimum absolute atomic E-state index is 0.0166. The molecule has 0 saturated heterocycles. The zero-order valence-corrected chi connectivity index (χ0v) is 24.4. The molecule has 3 aromatic rings. The Balaban J connectivity index is 1.72. The van der Waals surface area contributed by atoms with Crippen LogP contribution >= 0.6 is 27.3 Å². The van der Waals surface area contributed by atoms with Gasteiger partial charge in [-0.1, -0.05) is 88.4 Å². The molecule has 2 aromatic carbocycles. The maximum Gasteiger partial charge on any atom is 0.258 e. The number of halogens is 1. The third kappa shape index (κ3) is 4.24. The van der Waals surface area contributed by atoms with Gasteiger partial charge in [0.25, 0.3) is 8.32 Å². The Labute approximate surface area is 225 Å². The lowest BCUT2D eigenvalue weighted by atomic mass is 9.69. The average molecular weight is 585 g/mol. The molecule has 1 aliphatic rings. The molecule has 188 valence electrons. The Kier molecular flexibility index (Phi) is 7.02. The maximum absolute atomic E-state index is 14.0. The molecule has 2 N–H and O–H groups in total. The van der Waals surface area contributed by atoms with Crippen molar-refractivity contribution in [1.82, 2.24) is 0 Å². The number of carbonyl (C=O) groups is 3. The maximum atomic E-state index is 14.0. The number of rotatable bonds is 7. The van der Waals surface area contributed by atoms with E-state index in [9.17, 15) is 19.2 Å². The van der Waals surface area contributed by atoms with Gasteiger partial charge in [-0.15, -0.1) is 11.3 Å². The first-order valence-electron chi connectivity index (χ1n) is 11.8. The lowest BCUT2D eigenvalue weighted by molar-refractivity contribution is -0.135.